The Morgan fingerprint density at radius 1 is 1.27 bits per heavy atom. The van der Waals surface area contributed by atoms with Crippen LogP contribution in [0.3, 0.4) is 0 Å². The van der Waals surface area contributed by atoms with E-state index in [2.05, 4.69) is 27.3 Å². The lowest BCUT2D eigenvalue weighted by molar-refractivity contribution is -0.122. The van der Waals surface area contributed by atoms with Crippen molar-refractivity contribution in [2.75, 3.05) is 18.0 Å². The Morgan fingerprint density at radius 2 is 2.05 bits per heavy atom. The van der Waals surface area contributed by atoms with E-state index in [0.29, 0.717) is 5.92 Å². The molecule has 1 aliphatic heterocycles. The second-order valence-corrected chi connectivity index (χ2v) is 6.96. The molecule has 0 aromatic carbocycles. The summed E-state index contributed by atoms with van der Waals surface area (Å²) in [6.07, 6.45) is 6.79. The third-order valence-corrected chi connectivity index (χ3v) is 5.17. The molecule has 22 heavy (non-hydrogen) atoms. The van der Waals surface area contributed by atoms with Crippen LogP contribution in [0.1, 0.15) is 45.4 Å². The minimum absolute atomic E-state index is 0.000209. The monoisotopic (exact) mass is 306 g/mol. The number of primary amides is 1. The average Bonchev–Trinajstić information content (AvgIpc) is 2.95. The maximum Gasteiger partial charge on any atom is 0.245 e. The molecule has 122 valence electrons. The molecule has 1 aromatic heterocycles. The smallest absolute Gasteiger partial charge is 0.245 e. The van der Waals surface area contributed by atoms with Gasteiger partial charge in [-0.15, -0.1) is 0 Å². The molecule has 2 unspecified atom stereocenters. The van der Waals surface area contributed by atoms with E-state index in [9.17, 15) is 4.79 Å². The quantitative estimate of drug-likeness (QED) is 0.902. The van der Waals surface area contributed by atoms with Gasteiger partial charge in [-0.25, -0.2) is 4.68 Å². The Labute approximate surface area is 131 Å². The summed E-state index contributed by atoms with van der Waals surface area (Å²) in [5.74, 6) is 2.15. The van der Waals surface area contributed by atoms with Crippen molar-refractivity contribution in [3.8, 4) is 0 Å². The Kier molecular flexibility index (Phi) is 4.59. The number of carbonyl (C=O) groups excluding carboxylic acids is 1. The molecule has 2 aliphatic rings. The van der Waals surface area contributed by atoms with E-state index in [1.807, 2.05) is 4.68 Å². The zero-order chi connectivity index (χ0) is 15.5. The van der Waals surface area contributed by atoms with Crippen molar-refractivity contribution in [1.29, 1.82) is 0 Å². The lowest BCUT2D eigenvalue weighted by atomic mass is 9.82. The highest BCUT2D eigenvalue weighted by atomic mass is 16.1. The number of nitrogens with zero attached hydrogens (tertiary/aromatic N) is 5. The molecule has 1 aliphatic carbocycles. The largest absolute Gasteiger partial charge is 0.369 e. The molecule has 1 aromatic rings. The van der Waals surface area contributed by atoms with Gasteiger partial charge in [0.25, 0.3) is 0 Å². The first-order valence-electron chi connectivity index (χ1n) is 8.44. The van der Waals surface area contributed by atoms with Crippen LogP contribution in [0.15, 0.2) is 0 Å². The van der Waals surface area contributed by atoms with E-state index in [0.717, 1.165) is 44.3 Å². The molecule has 7 heteroatoms. The van der Waals surface area contributed by atoms with Crippen molar-refractivity contribution in [3.63, 3.8) is 0 Å². The van der Waals surface area contributed by atoms with E-state index < -0.39 is 0 Å². The first-order valence-corrected chi connectivity index (χ1v) is 8.44. The normalized spacial score (nSPS) is 27.0. The summed E-state index contributed by atoms with van der Waals surface area (Å²) >= 11 is 0. The molecule has 3 rings (SSSR count). The number of anilines is 1. The summed E-state index contributed by atoms with van der Waals surface area (Å²) in [6.45, 7) is 4.84. The zero-order valence-electron chi connectivity index (χ0n) is 13.3. The summed E-state index contributed by atoms with van der Waals surface area (Å²) < 4.78 is 1.95. The zero-order valence-corrected chi connectivity index (χ0v) is 13.3. The highest BCUT2D eigenvalue weighted by Crippen LogP contribution is 2.30. The fraction of sp³-hybridized carbons (Fsp3) is 0.867. The lowest BCUT2D eigenvalue weighted by Crippen LogP contribution is -2.40. The molecule has 0 radical (unpaired) electrons. The SMILES string of the molecule is CC1CCCC(Cn2nnnc2N2CCC(C(N)=O)CC2)C1. The number of carbonyl (C=O) groups is 1. The van der Waals surface area contributed by atoms with E-state index in [1.54, 1.807) is 0 Å². The third kappa shape index (κ3) is 3.39. The van der Waals surface area contributed by atoms with Crippen LogP contribution in [0.5, 0.6) is 0 Å². The minimum Gasteiger partial charge on any atom is -0.369 e. The highest BCUT2D eigenvalue weighted by Gasteiger charge is 2.27. The number of hydrogen-bond donors (Lipinski definition) is 1. The Bertz CT molecular complexity index is 508. The molecular formula is C15H26N6O. The van der Waals surface area contributed by atoms with E-state index in [1.165, 1.54) is 25.7 Å². The van der Waals surface area contributed by atoms with Crippen LogP contribution in [-0.2, 0) is 11.3 Å². The van der Waals surface area contributed by atoms with Gasteiger partial charge in [-0.05, 0) is 47.9 Å². The first-order chi connectivity index (χ1) is 10.6. The van der Waals surface area contributed by atoms with Gasteiger partial charge in [0.15, 0.2) is 0 Å². The molecule has 2 atom stereocenters. The lowest BCUT2D eigenvalue weighted by Gasteiger charge is -2.32. The molecule has 0 bridgehead atoms. The van der Waals surface area contributed by atoms with Crippen LogP contribution in [0.2, 0.25) is 0 Å². The van der Waals surface area contributed by atoms with Crippen LogP contribution in [0.25, 0.3) is 0 Å². The molecule has 7 nitrogen and oxygen atoms in total. The summed E-state index contributed by atoms with van der Waals surface area (Å²) in [5, 5.41) is 12.3. The predicted octanol–water partition coefficient (Wildman–Crippen LogP) is 1.20. The third-order valence-electron chi connectivity index (χ3n) is 5.17. The van der Waals surface area contributed by atoms with Gasteiger partial charge in [0.2, 0.25) is 11.9 Å². The highest BCUT2D eigenvalue weighted by molar-refractivity contribution is 5.76. The maximum atomic E-state index is 11.3. The van der Waals surface area contributed by atoms with Gasteiger partial charge in [-0.2, -0.15) is 0 Å². The van der Waals surface area contributed by atoms with Gasteiger partial charge < -0.3 is 10.6 Å². The molecule has 0 spiro atoms. The summed E-state index contributed by atoms with van der Waals surface area (Å²) in [5.41, 5.74) is 5.39. The van der Waals surface area contributed by atoms with Gasteiger partial charge in [0.05, 0.1) is 0 Å². The Morgan fingerprint density at radius 3 is 2.73 bits per heavy atom. The predicted molar refractivity (Wildman–Crippen MR) is 83.1 cm³/mol. The van der Waals surface area contributed by atoms with Crippen LogP contribution in [0.4, 0.5) is 5.95 Å². The van der Waals surface area contributed by atoms with Crippen LogP contribution in [0, 0.1) is 17.8 Å². The minimum atomic E-state index is -0.185. The molecular weight excluding hydrogens is 280 g/mol. The summed E-state index contributed by atoms with van der Waals surface area (Å²) in [6, 6.07) is 0. The van der Waals surface area contributed by atoms with Crippen molar-refractivity contribution in [3.05, 3.63) is 0 Å². The fourth-order valence-corrected chi connectivity index (χ4v) is 3.88. The Hall–Kier alpha value is -1.66. The average molecular weight is 306 g/mol. The Balaban J connectivity index is 1.61. The standard InChI is InChI=1S/C15H26N6O/c1-11-3-2-4-12(9-11)10-21-15(17-18-19-21)20-7-5-13(6-8-20)14(16)22/h11-13H,2-10H2,1H3,(H2,16,22). The topological polar surface area (TPSA) is 89.9 Å². The maximum absolute atomic E-state index is 11.3. The second kappa shape index (κ2) is 6.62. The number of amides is 1. The summed E-state index contributed by atoms with van der Waals surface area (Å²) in [7, 11) is 0. The van der Waals surface area contributed by atoms with Crippen molar-refractivity contribution in [2.24, 2.45) is 23.5 Å². The van der Waals surface area contributed by atoms with Crippen molar-refractivity contribution < 1.29 is 4.79 Å². The van der Waals surface area contributed by atoms with Crippen LogP contribution >= 0.6 is 0 Å². The van der Waals surface area contributed by atoms with Crippen molar-refractivity contribution >= 4 is 11.9 Å². The number of aromatic nitrogens is 4. The number of nitrogens with two attached hydrogens (primary N) is 1. The van der Waals surface area contributed by atoms with Gasteiger partial charge in [0, 0.05) is 25.6 Å². The number of rotatable bonds is 4. The molecule has 2 heterocycles. The van der Waals surface area contributed by atoms with Gasteiger partial charge in [-0.3, -0.25) is 4.79 Å². The first kappa shape index (κ1) is 15.2. The summed E-state index contributed by atoms with van der Waals surface area (Å²) in [4.78, 5) is 13.5. The molecule has 2 fully saturated rings. The molecule has 1 amide bonds. The molecule has 1 saturated heterocycles. The number of piperidine rings is 1. The number of tetrazole rings is 1. The van der Waals surface area contributed by atoms with Crippen molar-refractivity contribution in [1.82, 2.24) is 20.2 Å². The van der Waals surface area contributed by atoms with Crippen LogP contribution < -0.4 is 10.6 Å². The van der Waals surface area contributed by atoms with Gasteiger partial charge in [-0.1, -0.05) is 24.9 Å². The number of hydrogen-bond acceptors (Lipinski definition) is 5. The molecule has 2 N–H and O–H groups in total. The molecule has 1 saturated carbocycles. The van der Waals surface area contributed by atoms with E-state index in [4.69, 9.17) is 5.73 Å². The van der Waals surface area contributed by atoms with E-state index in [-0.39, 0.29) is 11.8 Å². The van der Waals surface area contributed by atoms with Crippen LogP contribution in [-0.4, -0.2) is 39.2 Å². The fourth-order valence-electron chi connectivity index (χ4n) is 3.88. The van der Waals surface area contributed by atoms with Gasteiger partial charge >= 0.3 is 0 Å². The van der Waals surface area contributed by atoms with E-state index >= 15 is 0 Å². The van der Waals surface area contributed by atoms with Crippen molar-refractivity contribution in [2.45, 2.75) is 52.0 Å². The van der Waals surface area contributed by atoms with Gasteiger partial charge in [0.1, 0.15) is 0 Å². The second-order valence-electron chi connectivity index (χ2n) is 6.96.